The maximum absolute atomic E-state index is 6.04. The fourth-order valence-corrected chi connectivity index (χ4v) is 3.54. The van der Waals surface area contributed by atoms with Crippen molar-refractivity contribution in [1.29, 1.82) is 0 Å². The Morgan fingerprint density at radius 2 is 2.00 bits per heavy atom. The first-order valence-corrected chi connectivity index (χ1v) is 9.51. The maximum Gasteiger partial charge on any atom is 0.169 e. The highest BCUT2D eigenvalue weighted by molar-refractivity contribution is 7.99. The summed E-state index contributed by atoms with van der Waals surface area (Å²) >= 11 is 7.73. The Labute approximate surface area is 157 Å². The predicted molar refractivity (Wildman–Crippen MR) is 104 cm³/mol. The van der Waals surface area contributed by atoms with Gasteiger partial charge in [-0.3, -0.25) is 0 Å². The van der Waals surface area contributed by atoms with Crippen LogP contribution in [0.3, 0.4) is 0 Å². The van der Waals surface area contributed by atoms with Crippen LogP contribution in [0, 0.1) is 6.92 Å². The van der Waals surface area contributed by atoms with Gasteiger partial charge in [-0.2, -0.15) is 0 Å². The lowest BCUT2D eigenvalue weighted by atomic mass is 10.2. The normalized spacial score (nSPS) is 11.2. The van der Waals surface area contributed by atoms with Crippen LogP contribution in [0.15, 0.2) is 47.6 Å². The average molecular weight is 377 g/mol. The summed E-state index contributed by atoms with van der Waals surface area (Å²) in [7, 11) is 1.72. The molecule has 3 aromatic rings. The lowest BCUT2D eigenvalue weighted by Crippen LogP contribution is -2.07. The molecule has 1 aromatic heterocycles. The minimum absolute atomic E-state index is 0.610. The molecule has 0 atom stereocenters. The fourth-order valence-electron chi connectivity index (χ4n) is 2.56. The molecule has 2 aromatic carbocycles. The zero-order valence-corrected chi connectivity index (χ0v) is 15.9. The number of para-hydroxylation sites is 2. The highest BCUT2D eigenvalue weighted by Crippen LogP contribution is 2.25. The van der Waals surface area contributed by atoms with Gasteiger partial charge in [-0.15, -0.1) is 0 Å². The Hall–Kier alpha value is -1.69. The predicted octanol–water partition coefficient (Wildman–Crippen LogP) is 4.82. The summed E-state index contributed by atoms with van der Waals surface area (Å²) in [5.74, 6) is 1.66. The number of benzene rings is 2. The number of aromatic nitrogens is 2. The first-order valence-electron chi connectivity index (χ1n) is 8.15. The molecule has 0 saturated carbocycles. The van der Waals surface area contributed by atoms with Crippen LogP contribution in [0.2, 0.25) is 5.02 Å². The van der Waals surface area contributed by atoms with Gasteiger partial charge in [0.25, 0.3) is 0 Å². The van der Waals surface area contributed by atoms with Crippen LogP contribution in [0.5, 0.6) is 5.75 Å². The molecule has 3 rings (SSSR count). The molecule has 132 valence electrons. The molecule has 0 N–H and O–H groups in total. The van der Waals surface area contributed by atoms with Crippen molar-refractivity contribution >= 4 is 34.4 Å². The van der Waals surface area contributed by atoms with E-state index in [1.165, 1.54) is 0 Å². The van der Waals surface area contributed by atoms with E-state index in [4.69, 9.17) is 26.1 Å². The van der Waals surface area contributed by atoms with Gasteiger partial charge in [0, 0.05) is 24.4 Å². The Balaban J connectivity index is 1.63. The molecule has 6 heteroatoms. The van der Waals surface area contributed by atoms with Crippen molar-refractivity contribution in [1.82, 2.24) is 9.55 Å². The Bertz CT molecular complexity index is 851. The van der Waals surface area contributed by atoms with Crippen molar-refractivity contribution in [3.63, 3.8) is 0 Å². The highest BCUT2D eigenvalue weighted by Gasteiger charge is 2.10. The van der Waals surface area contributed by atoms with Crippen molar-refractivity contribution in [3.8, 4) is 5.75 Å². The van der Waals surface area contributed by atoms with Gasteiger partial charge in [0.2, 0.25) is 0 Å². The number of aryl methyl sites for hydroxylation is 1. The standard InChI is InChI=1S/C19H21ClN2O2S/c1-14-13-15(7-8-16(14)20)24-11-12-25-19-21-17-5-3-4-6-18(17)22(19)9-10-23-2/h3-8,13H,9-12H2,1-2H3. The number of imidazole rings is 1. The summed E-state index contributed by atoms with van der Waals surface area (Å²) < 4.78 is 13.3. The van der Waals surface area contributed by atoms with Crippen LogP contribution in [-0.4, -0.2) is 35.6 Å². The molecule has 1 heterocycles. The van der Waals surface area contributed by atoms with E-state index in [1.54, 1.807) is 18.9 Å². The third-order valence-electron chi connectivity index (χ3n) is 3.85. The summed E-state index contributed by atoms with van der Waals surface area (Å²) in [6.07, 6.45) is 0. The van der Waals surface area contributed by atoms with Gasteiger partial charge in [0.1, 0.15) is 5.75 Å². The summed E-state index contributed by atoms with van der Waals surface area (Å²) in [4.78, 5) is 4.73. The number of ether oxygens (including phenoxy) is 2. The van der Waals surface area contributed by atoms with Crippen LogP contribution in [0.1, 0.15) is 5.56 Å². The van der Waals surface area contributed by atoms with Crippen LogP contribution in [0.25, 0.3) is 11.0 Å². The quantitative estimate of drug-likeness (QED) is 0.417. The summed E-state index contributed by atoms with van der Waals surface area (Å²) in [6, 6.07) is 13.9. The largest absolute Gasteiger partial charge is 0.493 e. The second kappa shape index (κ2) is 8.61. The molecule has 25 heavy (non-hydrogen) atoms. The second-order valence-electron chi connectivity index (χ2n) is 5.64. The van der Waals surface area contributed by atoms with Gasteiger partial charge in [-0.25, -0.2) is 4.98 Å². The lowest BCUT2D eigenvalue weighted by molar-refractivity contribution is 0.186. The van der Waals surface area contributed by atoms with E-state index in [0.29, 0.717) is 13.2 Å². The van der Waals surface area contributed by atoms with E-state index in [1.807, 2.05) is 43.3 Å². The van der Waals surface area contributed by atoms with E-state index in [9.17, 15) is 0 Å². The van der Waals surface area contributed by atoms with E-state index >= 15 is 0 Å². The molecule has 0 fully saturated rings. The maximum atomic E-state index is 6.04. The van der Waals surface area contributed by atoms with E-state index in [-0.39, 0.29) is 0 Å². The van der Waals surface area contributed by atoms with Gasteiger partial charge in [0.05, 0.1) is 24.2 Å². The van der Waals surface area contributed by atoms with Gasteiger partial charge >= 0.3 is 0 Å². The molecule has 0 aliphatic heterocycles. The first-order chi connectivity index (χ1) is 12.2. The number of rotatable bonds is 8. The van der Waals surface area contributed by atoms with Gasteiger partial charge in [0.15, 0.2) is 5.16 Å². The highest BCUT2D eigenvalue weighted by atomic mass is 35.5. The van der Waals surface area contributed by atoms with E-state index in [2.05, 4.69) is 10.6 Å². The van der Waals surface area contributed by atoms with Gasteiger partial charge < -0.3 is 14.0 Å². The van der Waals surface area contributed by atoms with Crippen molar-refractivity contribution in [2.24, 2.45) is 0 Å². The number of halogens is 1. The Morgan fingerprint density at radius 3 is 2.80 bits per heavy atom. The number of nitrogens with zero attached hydrogens (tertiary/aromatic N) is 2. The molecule has 4 nitrogen and oxygen atoms in total. The summed E-state index contributed by atoms with van der Waals surface area (Å²) in [6.45, 7) is 4.03. The van der Waals surface area contributed by atoms with Crippen molar-refractivity contribution < 1.29 is 9.47 Å². The van der Waals surface area contributed by atoms with Gasteiger partial charge in [-0.05, 0) is 42.8 Å². The molecular weight excluding hydrogens is 356 g/mol. The van der Waals surface area contributed by atoms with Crippen LogP contribution in [-0.2, 0) is 11.3 Å². The molecule has 0 aliphatic rings. The topological polar surface area (TPSA) is 36.3 Å². The molecule has 0 spiro atoms. The van der Waals surface area contributed by atoms with Crippen LogP contribution in [0.4, 0.5) is 0 Å². The molecule has 0 aliphatic carbocycles. The third-order valence-corrected chi connectivity index (χ3v) is 5.22. The Kier molecular flexibility index (Phi) is 6.24. The number of hydrogen-bond acceptors (Lipinski definition) is 4. The van der Waals surface area contributed by atoms with Crippen molar-refractivity contribution in [3.05, 3.63) is 53.1 Å². The minimum atomic E-state index is 0.610. The zero-order chi connectivity index (χ0) is 17.6. The second-order valence-corrected chi connectivity index (χ2v) is 7.10. The van der Waals surface area contributed by atoms with Crippen molar-refractivity contribution in [2.75, 3.05) is 26.1 Å². The average Bonchev–Trinajstić information content (AvgIpc) is 2.97. The van der Waals surface area contributed by atoms with E-state index < -0.39 is 0 Å². The van der Waals surface area contributed by atoms with Crippen molar-refractivity contribution in [2.45, 2.75) is 18.6 Å². The molecule has 0 bridgehead atoms. The minimum Gasteiger partial charge on any atom is -0.493 e. The van der Waals surface area contributed by atoms with Crippen LogP contribution >= 0.6 is 23.4 Å². The van der Waals surface area contributed by atoms with Gasteiger partial charge in [-0.1, -0.05) is 35.5 Å². The molecular formula is C19H21ClN2O2S. The first kappa shape index (κ1) is 18.1. The Morgan fingerprint density at radius 1 is 1.16 bits per heavy atom. The third kappa shape index (κ3) is 4.48. The zero-order valence-electron chi connectivity index (χ0n) is 14.4. The molecule has 0 radical (unpaired) electrons. The molecule has 0 amide bonds. The van der Waals surface area contributed by atoms with E-state index in [0.717, 1.165) is 44.8 Å². The molecule has 0 unspecified atom stereocenters. The smallest absolute Gasteiger partial charge is 0.169 e. The lowest BCUT2D eigenvalue weighted by Gasteiger charge is -2.09. The summed E-state index contributed by atoms with van der Waals surface area (Å²) in [5.41, 5.74) is 3.17. The molecule has 0 saturated heterocycles. The summed E-state index contributed by atoms with van der Waals surface area (Å²) in [5, 5.41) is 1.75. The fraction of sp³-hybridized carbons (Fsp3) is 0.316. The number of fused-ring (bicyclic) bond motifs is 1. The monoisotopic (exact) mass is 376 g/mol. The van der Waals surface area contributed by atoms with Crippen LogP contribution < -0.4 is 4.74 Å². The number of hydrogen-bond donors (Lipinski definition) is 0. The number of thioether (sulfide) groups is 1. The number of methoxy groups -OCH3 is 1. The SMILES string of the molecule is COCCn1c(SCCOc2ccc(Cl)c(C)c2)nc2ccccc21.